The molecule has 0 bridgehead atoms. The van der Waals surface area contributed by atoms with Gasteiger partial charge in [-0.2, -0.15) is 0 Å². The van der Waals surface area contributed by atoms with Gasteiger partial charge in [0.25, 0.3) is 0 Å². The first-order chi connectivity index (χ1) is 10.4. The molecule has 0 aromatic heterocycles. The second-order valence-corrected chi connectivity index (χ2v) is 5.76. The van der Waals surface area contributed by atoms with Crippen molar-refractivity contribution in [2.24, 2.45) is 0 Å². The van der Waals surface area contributed by atoms with Crippen molar-refractivity contribution in [2.75, 3.05) is 31.6 Å². The second-order valence-electron chi connectivity index (χ2n) is 5.76. The number of hydrogen-bond donors (Lipinski definition) is 1. The third kappa shape index (κ3) is 3.61. The Labute approximate surface area is 130 Å². The predicted octanol–water partition coefficient (Wildman–Crippen LogP) is 2.10. The number of anilines is 1. The normalized spacial score (nSPS) is 16.1. The fourth-order valence-electron chi connectivity index (χ4n) is 2.52. The maximum Gasteiger partial charge on any atom is 0.247 e. The molecule has 1 aliphatic rings. The van der Waals surface area contributed by atoms with Crippen LogP contribution >= 0.6 is 0 Å². The van der Waals surface area contributed by atoms with Crippen molar-refractivity contribution in [1.29, 1.82) is 0 Å². The van der Waals surface area contributed by atoms with E-state index in [9.17, 15) is 9.59 Å². The Morgan fingerprint density at radius 1 is 1.23 bits per heavy atom. The van der Waals surface area contributed by atoms with Gasteiger partial charge in [0, 0.05) is 24.3 Å². The molecule has 1 N–H and O–H groups in total. The molecule has 0 unspecified atom stereocenters. The number of nitrogens with zero attached hydrogens (tertiary/aromatic N) is 1. The SMILES string of the molecule is C=CC(=O)Nc1ccc(C(=O)C(C)(C)N2CCOCC2)cc1. The number of carbonyl (C=O) groups is 2. The van der Waals surface area contributed by atoms with Gasteiger partial charge >= 0.3 is 0 Å². The number of morpholine rings is 1. The largest absolute Gasteiger partial charge is 0.379 e. The van der Waals surface area contributed by atoms with Crippen molar-refractivity contribution < 1.29 is 14.3 Å². The summed E-state index contributed by atoms with van der Waals surface area (Å²) in [5, 5.41) is 2.66. The first-order valence-electron chi connectivity index (χ1n) is 7.36. The number of nitrogens with one attached hydrogen (secondary N) is 1. The van der Waals surface area contributed by atoms with Crippen molar-refractivity contribution in [2.45, 2.75) is 19.4 Å². The summed E-state index contributed by atoms with van der Waals surface area (Å²) in [7, 11) is 0. The molecule has 0 saturated carbocycles. The summed E-state index contributed by atoms with van der Waals surface area (Å²) in [5.41, 5.74) is 0.703. The summed E-state index contributed by atoms with van der Waals surface area (Å²) < 4.78 is 5.34. The Balaban J connectivity index is 2.11. The average Bonchev–Trinajstić information content (AvgIpc) is 2.55. The van der Waals surface area contributed by atoms with Crippen molar-refractivity contribution in [3.8, 4) is 0 Å². The van der Waals surface area contributed by atoms with Crippen LogP contribution < -0.4 is 5.32 Å². The molecule has 1 fully saturated rings. The third-order valence-corrected chi connectivity index (χ3v) is 3.96. The van der Waals surface area contributed by atoms with E-state index in [4.69, 9.17) is 4.74 Å². The number of ketones is 1. The van der Waals surface area contributed by atoms with E-state index >= 15 is 0 Å². The first kappa shape index (κ1) is 16.4. The topological polar surface area (TPSA) is 58.6 Å². The van der Waals surface area contributed by atoms with E-state index in [1.807, 2.05) is 13.8 Å². The van der Waals surface area contributed by atoms with E-state index < -0.39 is 5.54 Å². The Morgan fingerprint density at radius 2 is 1.82 bits per heavy atom. The van der Waals surface area contributed by atoms with Crippen LogP contribution in [0.1, 0.15) is 24.2 Å². The van der Waals surface area contributed by atoms with Crippen LogP contribution in [0.4, 0.5) is 5.69 Å². The van der Waals surface area contributed by atoms with E-state index in [2.05, 4.69) is 16.8 Å². The average molecular weight is 302 g/mol. The molecule has 1 aromatic rings. The van der Waals surface area contributed by atoms with Crippen LogP contribution in [0.15, 0.2) is 36.9 Å². The molecular formula is C17H22N2O3. The smallest absolute Gasteiger partial charge is 0.247 e. The lowest BCUT2D eigenvalue weighted by Crippen LogP contribution is -2.54. The summed E-state index contributed by atoms with van der Waals surface area (Å²) in [4.78, 5) is 26.2. The number of amides is 1. The van der Waals surface area contributed by atoms with Gasteiger partial charge in [-0.15, -0.1) is 0 Å². The van der Waals surface area contributed by atoms with E-state index in [0.29, 0.717) is 24.5 Å². The minimum Gasteiger partial charge on any atom is -0.379 e. The number of Topliss-reactive ketones (excluding diaryl/α,β-unsaturated/α-hetero) is 1. The van der Waals surface area contributed by atoms with Gasteiger partial charge < -0.3 is 10.1 Å². The summed E-state index contributed by atoms with van der Waals surface area (Å²) in [6.07, 6.45) is 1.21. The molecule has 22 heavy (non-hydrogen) atoms. The molecular weight excluding hydrogens is 280 g/mol. The molecule has 1 aromatic carbocycles. The molecule has 118 valence electrons. The minimum atomic E-state index is -0.574. The third-order valence-electron chi connectivity index (χ3n) is 3.96. The number of benzene rings is 1. The summed E-state index contributed by atoms with van der Waals surface area (Å²) in [6, 6.07) is 6.93. The van der Waals surface area contributed by atoms with Crippen LogP contribution in [0, 0.1) is 0 Å². The monoisotopic (exact) mass is 302 g/mol. The van der Waals surface area contributed by atoms with Gasteiger partial charge in [-0.05, 0) is 44.2 Å². The van der Waals surface area contributed by atoms with Crippen LogP contribution in [0.5, 0.6) is 0 Å². The van der Waals surface area contributed by atoms with Gasteiger partial charge in [0.1, 0.15) is 0 Å². The molecule has 2 rings (SSSR count). The Morgan fingerprint density at radius 3 is 2.36 bits per heavy atom. The molecule has 1 amide bonds. The number of hydrogen-bond acceptors (Lipinski definition) is 4. The molecule has 1 saturated heterocycles. The highest BCUT2D eigenvalue weighted by atomic mass is 16.5. The lowest BCUT2D eigenvalue weighted by atomic mass is 9.91. The zero-order valence-electron chi connectivity index (χ0n) is 13.1. The maximum absolute atomic E-state index is 12.8. The van der Waals surface area contributed by atoms with Gasteiger partial charge in [-0.1, -0.05) is 6.58 Å². The molecule has 5 heteroatoms. The Bertz CT molecular complexity index is 558. The van der Waals surface area contributed by atoms with Gasteiger partial charge in [0.05, 0.1) is 18.8 Å². The zero-order valence-corrected chi connectivity index (χ0v) is 13.1. The van der Waals surface area contributed by atoms with Gasteiger partial charge in [0.2, 0.25) is 5.91 Å². The molecule has 0 atom stereocenters. The van der Waals surface area contributed by atoms with Crippen molar-refractivity contribution in [1.82, 2.24) is 4.90 Å². The van der Waals surface area contributed by atoms with Gasteiger partial charge in [-0.3, -0.25) is 14.5 Å². The summed E-state index contributed by atoms with van der Waals surface area (Å²) in [6.45, 7) is 10.1. The van der Waals surface area contributed by atoms with E-state index in [0.717, 1.165) is 13.1 Å². The first-order valence-corrected chi connectivity index (χ1v) is 7.36. The lowest BCUT2D eigenvalue weighted by molar-refractivity contribution is -0.111. The molecule has 0 aliphatic carbocycles. The Hall–Kier alpha value is -1.98. The van der Waals surface area contributed by atoms with Crippen LogP contribution in [0.25, 0.3) is 0 Å². The van der Waals surface area contributed by atoms with Crippen LogP contribution in [-0.2, 0) is 9.53 Å². The number of carbonyl (C=O) groups excluding carboxylic acids is 2. The highest BCUT2D eigenvalue weighted by Gasteiger charge is 2.35. The quantitative estimate of drug-likeness (QED) is 0.668. The summed E-state index contributed by atoms with van der Waals surface area (Å²) in [5.74, 6) is -0.205. The second kappa shape index (κ2) is 6.85. The van der Waals surface area contributed by atoms with Crippen LogP contribution in [0.3, 0.4) is 0 Å². The lowest BCUT2D eigenvalue weighted by Gasteiger charge is -2.39. The highest BCUT2D eigenvalue weighted by molar-refractivity contribution is 6.03. The summed E-state index contributed by atoms with van der Waals surface area (Å²) >= 11 is 0. The van der Waals surface area contributed by atoms with E-state index in [-0.39, 0.29) is 11.7 Å². The van der Waals surface area contributed by atoms with Crippen LogP contribution in [0.2, 0.25) is 0 Å². The van der Waals surface area contributed by atoms with Crippen molar-refractivity contribution in [3.05, 3.63) is 42.5 Å². The zero-order chi connectivity index (χ0) is 16.2. The number of rotatable bonds is 5. The van der Waals surface area contributed by atoms with E-state index in [1.54, 1.807) is 24.3 Å². The Kier molecular flexibility index (Phi) is 5.11. The maximum atomic E-state index is 12.8. The van der Waals surface area contributed by atoms with E-state index in [1.165, 1.54) is 6.08 Å². The molecule has 0 spiro atoms. The van der Waals surface area contributed by atoms with Crippen molar-refractivity contribution in [3.63, 3.8) is 0 Å². The van der Waals surface area contributed by atoms with Gasteiger partial charge in [0.15, 0.2) is 5.78 Å². The highest BCUT2D eigenvalue weighted by Crippen LogP contribution is 2.22. The van der Waals surface area contributed by atoms with Crippen molar-refractivity contribution >= 4 is 17.4 Å². The molecule has 5 nitrogen and oxygen atoms in total. The molecule has 1 aliphatic heterocycles. The number of ether oxygens (including phenoxy) is 1. The standard InChI is InChI=1S/C17H22N2O3/c1-4-15(20)18-14-7-5-13(6-8-14)16(21)17(2,3)19-9-11-22-12-10-19/h4-8H,1,9-12H2,2-3H3,(H,18,20). The molecule has 1 heterocycles. The minimum absolute atomic E-state index is 0.0657. The van der Waals surface area contributed by atoms with Gasteiger partial charge in [-0.25, -0.2) is 0 Å². The fourth-order valence-corrected chi connectivity index (χ4v) is 2.52. The fraction of sp³-hybridized carbons (Fsp3) is 0.412. The van der Waals surface area contributed by atoms with Crippen LogP contribution in [-0.4, -0.2) is 48.4 Å². The predicted molar refractivity (Wildman–Crippen MR) is 86.1 cm³/mol. The molecule has 0 radical (unpaired) electrons.